The maximum atomic E-state index is 5.85. The molecule has 112 valence electrons. The Bertz CT molecular complexity index is 642. The summed E-state index contributed by atoms with van der Waals surface area (Å²) in [6.07, 6.45) is 1.73. The first-order chi connectivity index (χ1) is 10.0. The number of ether oxygens (including phenoxy) is 1. The number of methoxy groups -OCH3 is 1. The number of hydrogen-bond acceptors (Lipinski definition) is 4. The fourth-order valence-electron chi connectivity index (χ4n) is 2.25. The van der Waals surface area contributed by atoms with E-state index in [4.69, 9.17) is 22.7 Å². The summed E-state index contributed by atoms with van der Waals surface area (Å²) in [7, 11) is 1.70. The zero-order valence-corrected chi connectivity index (χ0v) is 13.4. The molecule has 2 rings (SSSR count). The second kappa shape index (κ2) is 6.83. The maximum absolute atomic E-state index is 5.85. The molecule has 0 aliphatic carbocycles. The van der Waals surface area contributed by atoms with Gasteiger partial charge < -0.3 is 15.8 Å². The van der Waals surface area contributed by atoms with Crippen molar-refractivity contribution in [1.82, 2.24) is 4.98 Å². The van der Waals surface area contributed by atoms with Crippen molar-refractivity contribution in [3.63, 3.8) is 0 Å². The Morgan fingerprint density at radius 3 is 2.71 bits per heavy atom. The van der Waals surface area contributed by atoms with E-state index in [1.807, 2.05) is 24.3 Å². The average Bonchev–Trinajstić information content (AvgIpc) is 2.46. The van der Waals surface area contributed by atoms with Crippen molar-refractivity contribution in [3.8, 4) is 0 Å². The summed E-state index contributed by atoms with van der Waals surface area (Å²) in [6, 6.07) is 8.13. The van der Waals surface area contributed by atoms with E-state index in [-0.39, 0.29) is 6.04 Å². The number of benzene rings is 1. The number of hydrogen-bond donors (Lipinski definition) is 2. The molecule has 1 aromatic heterocycles. The average molecular weight is 303 g/mol. The Kier molecular flexibility index (Phi) is 5.09. The molecule has 0 saturated heterocycles. The largest absolute Gasteiger partial charge is 0.389 e. The summed E-state index contributed by atoms with van der Waals surface area (Å²) in [4.78, 5) is 4.77. The van der Waals surface area contributed by atoms with Gasteiger partial charge >= 0.3 is 0 Å². The Hall–Kier alpha value is -1.72. The molecule has 1 heterocycles. The highest BCUT2D eigenvalue weighted by Crippen LogP contribution is 2.27. The molecule has 0 aliphatic heterocycles. The second-order valence-corrected chi connectivity index (χ2v) is 5.82. The van der Waals surface area contributed by atoms with Gasteiger partial charge in [-0.25, -0.2) is 0 Å². The number of anilines is 1. The SMILES string of the molecule is COCC(Nc1c(C(N)=S)cnc2ccccc12)C(C)C. The number of aromatic nitrogens is 1. The summed E-state index contributed by atoms with van der Waals surface area (Å²) in [5.74, 6) is 0.413. The molecule has 1 aromatic carbocycles. The van der Waals surface area contributed by atoms with Crippen molar-refractivity contribution in [2.24, 2.45) is 11.7 Å². The van der Waals surface area contributed by atoms with Crippen LogP contribution in [0.3, 0.4) is 0 Å². The van der Waals surface area contributed by atoms with Crippen molar-refractivity contribution < 1.29 is 4.74 Å². The molecule has 0 spiro atoms. The van der Waals surface area contributed by atoms with Crippen LogP contribution in [-0.2, 0) is 4.74 Å². The highest BCUT2D eigenvalue weighted by Gasteiger charge is 2.18. The number of pyridine rings is 1. The lowest BCUT2D eigenvalue weighted by atomic mass is 10.0. The Morgan fingerprint density at radius 1 is 1.38 bits per heavy atom. The molecule has 0 radical (unpaired) electrons. The summed E-state index contributed by atoms with van der Waals surface area (Å²) in [6.45, 7) is 4.92. The van der Waals surface area contributed by atoms with Crippen LogP contribution in [0.15, 0.2) is 30.5 Å². The van der Waals surface area contributed by atoms with Crippen LogP contribution in [0.5, 0.6) is 0 Å². The van der Waals surface area contributed by atoms with Gasteiger partial charge in [0.15, 0.2) is 0 Å². The molecule has 0 fully saturated rings. The fourth-order valence-corrected chi connectivity index (χ4v) is 2.40. The van der Waals surface area contributed by atoms with Gasteiger partial charge in [0, 0.05) is 18.7 Å². The summed E-state index contributed by atoms with van der Waals surface area (Å²) in [5.41, 5.74) is 8.47. The Labute approximate surface area is 130 Å². The smallest absolute Gasteiger partial charge is 0.107 e. The molecule has 1 atom stereocenters. The van der Waals surface area contributed by atoms with Crippen LogP contribution in [0.4, 0.5) is 5.69 Å². The third kappa shape index (κ3) is 3.49. The van der Waals surface area contributed by atoms with Gasteiger partial charge in [-0.3, -0.25) is 4.98 Å². The summed E-state index contributed by atoms with van der Waals surface area (Å²) >= 11 is 5.16. The van der Waals surface area contributed by atoms with Crippen molar-refractivity contribution in [1.29, 1.82) is 0 Å². The van der Waals surface area contributed by atoms with Crippen LogP contribution in [0.25, 0.3) is 10.9 Å². The minimum Gasteiger partial charge on any atom is -0.389 e. The van der Waals surface area contributed by atoms with E-state index < -0.39 is 0 Å². The Morgan fingerprint density at radius 2 is 2.10 bits per heavy atom. The van der Waals surface area contributed by atoms with E-state index in [0.717, 1.165) is 22.2 Å². The normalized spacial score (nSPS) is 12.6. The van der Waals surface area contributed by atoms with Gasteiger partial charge in [0.2, 0.25) is 0 Å². The third-order valence-electron chi connectivity index (χ3n) is 3.52. The number of nitrogens with zero attached hydrogens (tertiary/aromatic N) is 1. The lowest BCUT2D eigenvalue weighted by Crippen LogP contribution is -2.31. The molecular weight excluding hydrogens is 282 g/mol. The van der Waals surface area contributed by atoms with Crippen LogP contribution in [-0.4, -0.2) is 29.7 Å². The first kappa shape index (κ1) is 15.7. The third-order valence-corrected chi connectivity index (χ3v) is 3.74. The number of rotatable bonds is 6. The second-order valence-electron chi connectivity index (χ2n) is 5.38. The molecule has 1 unspecified atom stereocenters. The highest BCUT2D eigenvalue weighted by molar-refractivity contribution is 7.80. The van der Waals surface area contributed by atoms with Crippen molar-refractivity contribution in [2.45, 2.75) is 19.9 Å². The monoisotopic (exact) mass is 303 g/mol. The summed E-state index contributed by atoms with van der Waals surface area (Å²) < 4.78 is 5.31. The minimum absolute atomic E-state index is 0.175. The van der Waals surface area contributed by atoms with E-state index in [1.165, 1.54) is 0 Å². The highest BCUT2D eigenvalue weighted by atomic mass is 32.1. The van der Waals surface area contributed by atoms with Crippen LogP contribution in [0, 0.1) is 5.92 Å². The van der Waals surface area contributed by atoms with Crippen LogP contribution in [0.2, 0.25) is 0 Å². The standard InChI is InChI=1S/C16H21N3OS/c1-10(2)14(9-20-3)19-15-11-6-4-5-7-13(11)18-8-12(15)16(17)21/h4-8,10,14H,9H2,1-3H3,(H2,17,21)(H,18,19). The zero-order valence-electron chi connectivity index (χ0n) is 12.6. The van der Waals surface area contributed by atoms with E-state index in [2.05, 4.69) is 24.1 Å². The number of nitrogens with one attached hydrogen (secondary N) is 1. The predicted octanol–water partition coefficient (Wildman–Crippen LogP) is 2.95. The van der Waals surface area contributed by atoms with Gasteiger partial charge in [-0.1, -0.05) is 44.3 Å². The van der Waals surface area contributed by atoms with E-state index in [1.54, 1.807) is 13.3 Å². The first-order valence-corrected chi connectivity index (χ1v) is 7.38. The number of thiocarbonyl (C=S) groups is 1. The van der Waals surface area contributed by atoms with Gasteiger partial charge in [-0.05, 0) is 12.0 Å². The molecule has 0 bridgehead atoms. The molecule has 4 nitrogen and oxygen atoms in total. The molecule has 21 heavy (non-hydrogen) atoms. The van der Waals surface area contributed by atoms with Gasteiger partial charge in [-0.2, -0.15) is 0 Å². The first-order valence-electron chi connectivity index (χ1n) is 6.97. The fraction of sp³-hybridized carbons (Fsp3) is 0.375. The van der Waals surface area contributed by atoms with Crippen LogP contribution < -0.4 is 11.1 Å². The number of nitrogens with two attached hydrogens (primary N) is 1. The molecule has 5 heteroatoms. The summed E-state index contributed by atoms with van der Waals surface area (Å²) in [5, 5.41) is 4.56. The van der Waals surface area contributed by atoms with Gasteiger partial charge in [-0.15, -0.1) is 0 Å². The topological polar surface area (TPSA) is 60.2 Å². The molecule has 0 aliphatic rings. The molecule has 2 aromatic rings. The van der Waals surface area contributed by atoms with Gasteiger partial charge in [0.25, 0.3) is 0 Å². The van der Waals surface area contributed by atoms with Crippen molar-refractivity contribution >= 4 is 33.8 Å². The number of para-hydroxylation sites is 1. The van der Waals surface area contributed by atoms with E-state index in [9.17, 15) is 0 Å². The minimum atomic E-state index is 0.175. The molecule has 0 saturated carbocycles. The van der Waals surface area contributed by atoms with E-state index >= 15 is 0 Å². The van der Waals surface area contributed by atoms with E-state index in [0.29, 0.717) is 17.5 Å². The number of fused-ring (bicyclic) bond motifs is 1. The lowest BCUT2D eigenvalue weighted by Gasteiger charge is -2.25. The van der Waals surface area contributed by atoms with Crippen molar-refractivity contribution in [3.05, 3.63) is 36.0 Å². The predicted molar refractivity (Wildman–Crippen MR) is 91.8 cm³/mol. The Balaban J connectivity index is 2.53. The quantitative estimate of drug-likeness (QED) is 0.804. The molecular formula is C16H21N3OS. The molecule has 0 amide bonds. The van der Waals surface area contributed by atoms with Crippen LogP contribution in [0.1, 0.15) is 19.4 Å². The van der Waals surface area contributed by atoms with Crippen LogP contribution >= 0.6 is 12.2 Å². The molecule has 3 N–H and O–H groups in total. The zero-order chi connectivity index (χ0) is 15.4. The lowest BCUT2D eigenvalue weighted by molar-refractivity contribution is 0.171. The van der Waals surface area contributed by atoms with Crippen molar-refractivity contribution in [2.75, 3.05) is 19.0 Å². The maximum Gasteiger partial charge on any atom is 0.107 e. The van der Waals surface area contributed by atoms with Gasteiger partial charge in [0.1, 0.15) is 4.99 Å². The van der Waals surface area contributed by atoms with Gasteiger partial charge in [0.05, 0.1) is 29.4 Å².